The van der Waals surface area contributed by atoms with Gasteiger partial charge in [0.05, 0.1) is 11.3 Å². The molecular weight excluding hydrogens is 472 g/mol. The van der Waals surface area contributed by atoms with E-state index in [1.54, 1.807) is 0 Å². The highest BCUT2D eigenvalue weighted by Gasteiger charge is 2.27. The minimum absolute atomic E-state index is 0.00561. The van der Waals surface area contributed by atoms with Crippen molar-refractivity contribution in [2.24, 2.45) is 0 Å². The molecule has 6 rings (SSSR count). The molecular formula is C28H26N4O3S. The van der Waals surface area contributed by atoms with Gasteiger partial charge in [-0.15, -0.1) is 10.2 Å². The number of nitrogens with one attached hydrogen (secondary N) is 1. The summed E-state index contributed by atoms with van der Waals surface area (Å²) in [6.07, 6.45) is 3.09. The zero-order valence-electron chi connectivity index (χ0n) is 19.9. The van der Waals surface area contributed by atoms with Gasteiger partial charge in [0.25, 0.3) is 0 Å². The van der Waals surface area contributed by atoms with Crippen LogP contribution in [0.2, 0.25) is 0 Å². The standard InChI is InChI=1S/C28H26N4O3S/c1-18(27(33)29-23-13-7-9-19-8-5-6-12-22(19)23)36-28-31-30-26(32(28)21-10-3-2-4-11-21)20-14-15-24-25(16-20)35-17-34-24/h2-6,8,10-12,14-16,18,23H,7,9,13,17H2,1H3,(H,29,33)/t18-,23+/m1/s1. The lowest BCUT2D eigenvalue weighted by molar-refractivity contribution is -0.121. The summed E-state index contributed by atoms with van der Waals surface area (Å²) in [4.78, 5) is 13.3. The van der Waals surface area contributed by atoms with E-state index in [4.69, 9.17) is 9.47 Å². The van der Waals surface area contributed by atoms with Crippen LogP contribution in [0.15, 0.2) is 78.0 Å². The normalized spacial score (nSPS) is 16.9. The smallest absolute Gasteiger partial charge is 0.233 e. The number of aromatic nitrogens is 3. The molecule has 3 aromatic carbocycles. The van der Waals surface area contributed by atoms with Crippen molar-refractivity contribution >= 4 is 17.7 Å². The van der Waals surface area contributed by atoms with Gasteiger partial charge in [0.15, 0.2) is 22.5 Å². The third kappa shape index (κ3) is 4.33. The summed E-state index contributed by atoms with van der Waals surface area (Å²) in [5.74, 6) is 2.07. The van der Waals surface area contributed by atoms with Crippen LogP contribution >= 0.6 is 11.8 Å². The van der Waals surface area contributed by atoms with Gasteiger partial charge in [-0.25, -0.2) is 0 Å². The minimum Gasteiger partial charge on any atom is -0.454 e. The molecule has 0 saturated heterocycles. The number of hydrogen-bond acceptors (Lipinski definition) is 6. The molecule has 4 aromatic rings. The Morgan fingerprint density at radius 2 is 1.83 bits per heavy atom. The number of para-hydroxylation sites is 1. The Kier molecular flexibility index (Phi) is 6.11. The molecule has 0 bridgehead atoms. The van der Waals surface area contributed by atoms with Crippen molar-refractivity contribution < 1.29 is 14.3 Å². The second-order valence-electron chi connectivity index (χ2n) is 8.96. The molecule has 36 heavy (non-hydrogen) atoms. The summed E-state index contributed by atoms with van der Waals surface area (Å²) < 4.78 is 13.0. The number of rotatable bonds is 6. The molecule has 1 aliphatic heterocycles. The molecule has 0 unspecified atom stereocenters. The van der Waals surface area contributed by atoms with Crippen molar-refractivity contribution in [3.8, 4) is 28.6 Å². The Morgan fingerprint density at radius 1 is 1.03 bits per heavy atom. The molecule has 1 N–H and O–H groups in total. The Bertz CT molecular complexity index is 1410. The van der Waals surface area contributed by atoms with E-state index < -0.39 is 0 Å². The van der Waals surface area contributed by atoms with Gasteiger partial charge in [-0.3, -0.25) is 9.36 Å². The van der Waals surface area contributed by atoms with Gasteiger partial charge in [-0.2, -0.15) is 0 Å². The van der Waals surface area contributed by atoms with Crippen LogP contribution in [0.1, 0.15) is 36.9 Å². The van der Waals surface area contributed by atoms with Gasteiger partial charge in [-0.1, -0.05) is 54.2 Å². The largest absolute Gasteiger partial charge is 0.454 e. The van der Waals surface area contributed by atoms with Gasteiger partial charge < -0.3 is 14.8 Å². The summed E-state index contributed by atoms with van der Waals surface area (Å²) in [6, 6.07) is 24.1. The van der Waals surface area contributed by atoms with Crippen molar-refractivity contribution in [2.45, 2.75) is 42.6 Å². The quantitative estimate of drug-likeness (QED) is 0.362. The molecule has 182 valence electrons. The Hall–Kier alpha value is -3.78. The summed E-state index contributed by atoms with van der Waals surface area (Å²) in [5, 5.41) is 12.6. The van der Waals surface area contributed by atoms with E-state index >= 15 is 0 Å². The third-order valence-electron chi connectivity index (χ3n) is 6.62. The van der Waals surface area contributed by atoms with Gasteiger partial charge in [0, 0.05) is 11.3 Å². The second kappa shape index (κ2) is 9.70. The van der Waals surface area contributed by atoms with Crippen LogP contribution in [0.5, 0.6) is 11.5 Å². The van der Waals surface area contributed by atoms with Crippen LogP contribution in [-0.2, 0) is 11.2 Å². The number of thioether (sulfide) groups is 1. The zero-order valence-corrected chi connectivity index (χ0v) is 20.7. The van der Waals surface area contributed by atoms with Crippen LogP contribution < -0.4 is 14.8 Å². The van der Waals surface area contributed by atoms with Crippen LogP contribution in [0.25, 0.3) is 17.1 Å². The predicted octanol–water partition coefficient (Wildman–Crippen LogP) is 5.34. The number of aryl methyl sites for hydroxylation is 1. The van der Waals surface area contributed by atoms with E-state index in [0.717, 1.165) is 30.5 Å². The average molecular weight is 499 g/mol. The highest BCUT2D eigenvalue weighted by molar-refractivity contribution is 8.00. The molecule has 1 amide bonds. The van der Waals surface area contributed by atoms with Crippen LogP contribution in [0.3, 0.4) is 0 Å². The van der Waals surface area contributed by atoms with E-state index in [0.29, 0.717) is 22.5 Å². The van der Waals surface area contributed by atoms with Crippen molar-refractivity contribution in [1.82, 2.24) is 20.1 Å². The maximum absolute atomic E-state index is 13.3. The summed E-state index contributed by atoms with van der Waals surface area (Å²) >= 11 is 1.41. The van der Waals surface area contributed by atoms with E-state index in [2.05, 4.69) is 33.7 Å². The van der Waals surface area contributed by atoms with Crippen molar-refractivity contribution in [3.63, 3.8) is 0 Å². The van der Waals surface area contributed by atoms with Crippen molar-refractivity contribution in [1.29, 1.82) is 0 Å². The number of carbonyl (C=O) groups is 1. The monoisotopic (exact) mass is 498 g/mol. The van der Waals surface area contributed by atoms with Crippen molar-refractivity contribution in [2.75, 3.05) is 6.79 Å². The molecule has 7 nitrogen and oxygen atoms in total. The number of fused-ring (bicyclic) bond motifs is 2. The number of hydrogen-bond donors (Lipinski definition) is 1. The molecule has 0 saturated carbocycles. The Labute approximate surface area is 213 Å². The summed E-state index contributed by atoms with van der Waals surface area (Å²) in [7, 11) is 0. The van der Waals surface area contributed by atoms with E-state index in [9.17, 15) is 4.79 Å². The number of carbonyl (C=O) groups excluding carboxylic acids is 1. The number of ether oxygens (including phenoxy) is 2. The molecule has 2 aliphatic rings. The average Bonchev–Trinajstić information content (AvgIpc) is 3.56. The van der Waals surface area contributed by atoms with Crippen LogP contribution in [-0.4, -0.2) is 32.7 Å². The minimum atomic E-state index is -0.352. The summed E-state index contributed by atoms with van der Waals surface area (Å²) in [6.45, 7) is 2.13. The van der Waals surface area contributed by atoms with E-state index in [-0.39, 0.29) is 24.0 Å². The van der Waals surface area contributed by atoms with Crippen LogP contribution in [0, 0.1) is 0 Å². The molecule has 0 fully saturated rings. The Morgan fingerprint density at radius 3 is 2.72 bits per heavy atom. The molecule has 1 aromatic heterocycles. The second-order valence-corrected chi connectivity index (χ2v) is 10.3. The lowest BCUT2D eigenvalue weighted by Gasteiger charge is -2.27. The molecule has 2 atom stereocenters. The number of nitrogens with zero attached hydrogens (tertiary/aromatic N) is 3. The van der Waals surface area contributed by atoms with E-state index in [1.807, 2.05) is 66.1 Å². The first-order valence-electron chi connectivity index (χ1n) is 12.1. The molecule has 1 aliphatic carbocycles. The third-order valence-corrected chi connectivity index (χ3v) is 7.66. The van der Waals surface area contributed by atoms with Gasteiger partial charge >= 0.3 is 0 Å². The lowest BCUT2D eigenvalue weighted by atomic mass is 9.88. The highest BCUT2D eigenvalue weighted by Crippen LogP contribution is 2.37. The lowest BCUT2D eigenvalue weighted by Crippen LogP contribution is -2.36. The first-order chi connectivity index (χ1) is 17.7. The van der Waals surface area contributed by atoms with Gasteiger partial charge in [-0.05, 0) is 67.6 Å². The molecule has 8 heteroatoms. The van der Waals surface area contributed by atoms with Crippen LogP contribution in [0.4, 0.5) is 0 Å². The number of amides is 1. The fourth-order valence-electron chi connectivity index (χ4n) is 4.78. The topological polar surface area (TPSA) is 78.3 Å². The predicted molar refractivity (Wildman–Crippen MR) is 139 cm³/mol. The zero-order chi connectivity index (χ0) is 24.5. The SMILES string of the molecule is C[C@@H](Sc1nnc(-c2ccc3c(c2)OCO3)n1-c1ccccc1)C(=O)N[C@H]1CCCc2ccccc21. The van der Waals surface area contributed by atoms with Crippen molar-refractivity contribution in [3.05, 3.63) is 83.9 Å². The molecule has 2 heterocycles. The fraction of sp³-hybridized carbons (Fsp3) is 0.250. The maximum atomic E-state index is 13.3. The summed E-state index contributed by atoms with van der Waals surface area (Å²) in [5.41, 5.74) is 4.34. The maximum Gasteiger partial charge on any atom is 0.233 e. The Balaban J connectivity index is 1.27. The van der Waals surface area contributed by atoms with Gasteiger partial charge in [0.2, 0.25) is 12.7 Å². The molecule has 0 spiro atoms. The number of benzene rings is 3. The first-order valence-corrected chi connectivity index (χ1v) is 13.0. The first kappa shape index (κ1) is 22.7. The fourth-order valence-corrected chi connectivity index (χ4v) is 5.66. The van der Waals surface area contributed by atoms with E-state index in [1.165, 1.54) is 22.9 Å². The highest BCUT2D eigenvalue weighted by atomic mass is 32.2. The molecule has 0 radical (unpaired) electrons. The van der Waals surface area contributed by atoms with Gasteiger partial charge in [0.1, 0.15) is 0 Å².